The van der Waals surface area contributed by atoms with E-state index in [0.717, 1.165) is 22.8 Å². The van der Waals surface area contributed by atoms with Gasteiger partial charge in [0.05, 0.1) is 31.5 Å². The molecule has 1 saturated heterocycles. The zero-order valence-electron chi connectivity index (χ0n) is 16.5. The van der Waals surface area contributed by atoms with Crippen molar-refractivity contribution in [3.8, 4) is 11.4 Å². The molecule has 1 aliphatic heterocycles. The molecular formula is C22H24N4O2S. The molecule has 150 valence electrons. The SMILES string of the molecule is COCCN1C(=S)N[C@H](c2ccccn2)[C@@H]1c1cccn1-c1cccc(OC)c1. The maximum Gasteiger partial charge on any atom is 0.170 e. The third-order valence-corrected chi connectivity index (χ3v) is 5.50. The van der Waals surface area contributed by atoms with Crippen LogP contribution in [0.2, 0.25) is 0 Å². The molecule has 7 heteroatoms. The highest BCUT2D eigenvalue weighted by Gasteiger charge is 2.41. The van der Waals surface area contributed by atoms with Crippen LogP contribution in [0, 0.1) is 0 Å². The predicted octanol–water partition coefficient (Wildman–Crippen LogP) is 3.50. The molecule has 2 atom stereocenters. The van der Waals surface area contributed by atoms with Gasteiger partial charge in [0, 0.05) is 43.5 Å². The van der Waals surface area contributed by atoms with Gasteiger partial charge in [-0.15, -0.1) is 0 Å². The molecule has 0 saturated carbocycles. The van der Waals surface area contributed by atoms with E-state index in [1.807, 2.05) is 42.6 Å². The maximum absolute atomic E-state index is 5.68. The van der Waals surface area contributed by atoms with Crippen LogP contribution < -0.4 is 10.1 Å². The number of ether oxygens (including phenoxy) is 2. The van der Waals surface area contributed by atoms with Gasteiger partial charge in [-0.1, -0.05) is 12.1 Å². The third-order valence-electron chi connectivity index (χ3n) is 5.15. The van der Waals surface area contributed by atoms with Gasteiger partial charge in [-0.3, -0.25) is 4.98 Å². The molecule has 1 fully saturated rings. The first kappa shape index (κ1) is 19.4. The molecule has 4 rings (SSSR count). The maximum atomic E-state index is 5.68. The molecule has 2 aromatic heterocycles. The zero-order chi connectivity index (χ0) is 20.2. The van der Waals surface area contributed by atoms with Crippen LogP contribution in [0.5, 0.6) is 5.75 Å². The second-order valence-corrected chi connectivity index (χ2v) is 7.20. The normalized spacial score (nSPS) is 18.7. The first-order valence-corrected chi connectivity index (χ1v) is 9.92. The van der Waals surface area contributed by atoms with Gasteiger partial charge in [-0.2, -0.15) is 0 Å². The van der Waals surface area contributed by atoms with Crippen molar-refractivity contribution < 1.29 is 9.47 Å². The van der Waals surface area contributed by atoms with Gasteiger partial charge in [-0.25, -0.2) is 0 Å². The number of methoxy groups -OCH3 is 2. The fourth-order valence-corrected chi connectivity index (χ4v) is 4.12. The Bertz CT molecular complexity index is 976. The van der Waals surface area contributed by atoms with E-state index in [4.69, 9.17) is 21.7 Å². The Labute approximate surface area is 176 Å². The molecule has 0 amide bonds. The second kappa shape index (κ2) is 8.63. The van der Waals surface area contributed by atoms with Crippen molar-refractivity contribution in [3.63, 3.8) is 0 Å². The topological polar surface area (TPSA) is 51.5 Å². The van der Waals surface area contributed by atoms with Crippen LogP contribution in [0.1, 0.15) is 23.5 Å². The average Bonchev–Trinajstić information content (AvgIpc) is 3.37. The molecule has 1 aromatic carbocycles. The number of thiocarbonyl (C=S) groups is 1. The number of hydrogen-bond donors (Lipinski definition) is 1. The summed E-state index contributed by atoms with van der Waals surface area (Å²) in [5.41, 5.74) is 3.11. The van der Waals surface area contributed by atoms with E-state index >= 15 is 0 Å². The van der Waals surface area contributed by atoms with E-state index in [-0.39, 0.29) is 12.1 Å². The smallest absolute Gasteiger partial charge is 0.170 e. The van der Waals surface area contributed by atoms with Gasteiger partial charge < -0.3 is 24.3 Å². The lowest BCUT2D eigenvalue weighted by molar-refractivity contribution is 0.163. The van der Waals surface area contributed by atoms with Gasteiger partial charge in [0.15, 0.2) is 5.11 Å². The van der Waals surface area contributed by atoms with Crippen molar-refractivity contribution in [2.75, 3.05) is 27.4 Å². The Hall–Kier alpha value is -2.90. The lowest BCUT2D eigenvalue weighted by Gasteiger charge is -2.28. The number of benzene rings is 1. The molecule has 0 radical (unpaired) electrons. The minimum Gasteiger partial charge on any atom is -0.497 e. The highest BCUT2D eigenvalue weighted by molar-refractivity contribution is 7.80. The van der Waals surface area contributed by atoms with Gasteiger partial charge in [0.25, 0.3) is 0 Å². The number of nitrogens with one attached hydrogen (secondary N) is 1. The molecular weight excluding hydrogens is 384 g/mol. The lowest BCUT2D eigenvalue weighted by atomic mass is 10.0. The molecule has 1 N–H and O–H groups in total. The standard InChI is InChI=1S/C22H24N4O2S/c1-27-14-13-26-21(20(24-22(26)29)18-9-3-4-11-23-18)19-10-6-12-25(19)16-7-5-8-17(15-16)28-2/h3-12,15,20-21H,13-14H2,1-2H3,(H,24,29)/t20-,21+/m1/s1. The molecule has 3 aromatic rings. The summed E-state index contributed by atoms with van der Waals surface area (Å²) >= 11 is 5.68. The molecule has 0 bridgehead atoms. The lowest BCUT2D eigenvalue weighted by Crippen LogP contribution is -2.33. The molecule has 1 aliphatic rings. The number of aromatic nitrogens is 2. The summed E-state index contributed by atoms with van der Waals surface area (Å²) in [6.07, 6.45) is 3.88. The van der Waals surface area contributed by atoms with Crippen LogP contribution in [-0.2, 0) is 4.74 Å². The Morgan fingerprint density at radius 2 is 2.00 bits per heavy atom. The monoisotopic (exact) mass is 408 g/mol. The molecule has 0 aliphatic carbocycles. The van der Waals surface area contributed by atoms with E-state index < -0.39 is 0 Å². The summed E-state index contributed by atoms with van der Waals surface area (Å²) in [5, 5.41) is 4.18. The van der Waals surface area contributed by atoms with E-state index in [1.165, 1.54) is 0 Å². The summed E-state index contributed by atoms with van der Waals surface area (Å²) in [5.74, 6) is 0.819. The van der Waals surface area contributed by atoms with Crippen LogP contribution in [-0.4, -0.2) is 46.9 Å². The Morgan fingerprint density at radius 1 is 1.10 bits per heavy atom. The second-order valence-electron chi connectivity index (χ2n) is 6.82. The van der Waals surface area contributed by atoms with E-state index in [0.29, 0.717) is 18.3 Å². The minimum atomic E-state index is -0.0557. The fraction of sp³-hybridized carbons (Fsp3) is 0.273. The van der Waals surface area contributed by atoms with Gasteiger partial charge in [-0.05, 0) is 48.6 Å². The number of rotatable bonds is 7. The molecule has 0 unspecified atom stereocenters. The van der Waals surface area contributed by atoms with E-state index in [9.17, 15) is 0 Å². The summed E-state index contributed by atoms with van der Waals surface area (Å²) in [7, 11) is 3.38. The van der Waals surface area contributed by atoms with Crippen molar-refractivity contribution in [2.24, 2.45) is 0 Å². The third kappa shape index (κ3) is 3.83. The zero-order valence-corrected chi connectivity index (χ0v) is 17.3. The van der Waals surface area contributed by atoms with Crippen molar-refractivity contribution in [1.82, 2.24) is 19.8 Å². The van der Waals surface area contributed by atoms with Crippen LogP contribution >= 0.6 is 12.2 Å². The Balaban J connectivity index is 1.78. The summed E-state index contributed by atoms with van der Waals surface area (Å²) in [6.45, 7) is 1.28. The number of pyridine rings is 1. The highest BCUT2D eigenvalue weighted by Crippen LogP contribution is 2.39. The van der Waals surface area contributed by atoms with Crippen LogP contribution in [0.4, 0.5) is 0 Å². The predicted molar refractivity (Wildman–Crippen MR) is 116 cm³/mol. The van der Waals surface area contributed by atoms with Crippen LogP contribution in [0.3, 0.4) is 0 Å². The van der Waals surface area contributed by atoms with Crippen molar-refractivity contribution in [2.45, 2.75) is 12.1 Å². The van der Waals surface area contributed by atoms with Crippen molar-refractivity contribution in [1.29, 1.82) is 0 Å². The summed E-state index contributed by atoms with van der Waals surface area (Å²) in [6, 6.07) is 18.1. The van der Waals surface area contributed by atoms with Crippen LogP contribution in [0.25, 0.3) is 5.69 Å². The van der Waals surface area contributed by atoms with Gasteiger partial charge in [0.1, 0.15) is 5.75 Å². The van der Waals surface area contributed by atoms with Crippen molar-refractivity contribution in [3.05, 3.63) is 78.4 Å². The fourth-order valence-electron chi connectivity index (χ4n) is 3.79. The number of nitrogens with zero attached hydrogens (tertiary/aromatic N) is 3. The first-order valence-electron chi connectivity index (χ1n) is 9.51. The Morgan fingerprint density at radius 3 is 2.76 bits per heavy atom. The number of hydrogen-bond acceptors (Lipinski definition) is 4. The first-order chi connectivity index (χ1) is 14.2. The average molecular weight is 409 g/mol. The molecule has 3 heterocycles. The van der Waals surface area contributed by atoms with E-state index in [1.54, 1.807) is 14.2 Å². The van der Waals surface area contributed by atoms with E-state index in [2.05, 4.69) is 44.2 Å². The largest absolute Gasteiger partial charge is 0.497 e. The Kier molecular flexibility index (Phi) is 5.78. The summed E-state index contributed by atoms with van der Waals surface area (Å²) < 4.78 is 12.9. The molecule has 6 nitrogen and oxygen atoms in total. The quantitative estimate of drug-likeness (QED) is 0.604. The van der Waals surface area contributed by atoms with Crippen molar-refractivity contribution >= 4 is 17.3 Å². The van der Waals surface area contributed by atoms with Crippen LogP contribution in [0.15, 0.2) is 67.0 Å². The van der Waals surface area contributed by atoms with Gasteiger partial charge >= 0.3 is 0 Å². The van der Waals surface area contributed by atoms with Gasteiger partial charge in [0.2, 0.25) is 0 Å². The molecule has 29 heavy (non-hydrogen) atoms. The molecule has 0 spiro atoms. The minimum absolute atomic E-state index is 0.0197. The summed E-state index contributed by atoms with van der Waals surface area (Å²) in [4.78, 5) is 6.78. The highest BCUT2D eigenvalue weighted by atomic mass is 32.1.